The zero-order valence-corrected chi connectivity index (χ0v) is 16.3. The molecule has 0 spiro atoms. The molecule has 1 saturated heterocycles. The fraction of sp³-hybridized carbons (Fsp3) is 0.550. The maximum absolute atomic E-state index is 12.3. The van der Waals surface area contributed by atoms with Crippen LogP contribution in [-0.2, 0) is 5.41 Å². The fourth-order valence-corrected chi connectivity index (χ4v) is 3.23. The minimum Gasteiger partial charge on any atom is -0.387 e. The Bertz CT molecular complexity index is 757. The van der Waals surface area contributed by atoms with E-state index in [1.807, 2.05) is 24.3 Å². The molecule has 0 radical (unpaired) electrons. The van der Waals surface area contributed by atoms with Crippen molar-refractivity contribution >= 4 is 5.91 Å². The molecule has 7 nitrogen and oxygen atoms in total. The molecule has 1 aliphatic rings. The quantitative estimate of drug-likeness (QED) is 0.747. The lowest BCUT2D eigenvalue weighted by atomic mass is 9.86. The van der Waals surface area contributed by atoms with E-state index in [0.29, 0.717) is 0 Å². The van der Waals surface area contributed by atoms with Gasteiger partial charge in [-0.2, -0.15) is 0 Å². The Balaban J connectivity index is 1.54. The zero-order valence-electron chi connectivity index (χ0n) is 16.3. The smallest absolute Gasteiger partial charge is 0.273 e. The van der Waals surface area contributed by atoms with Crippen LogP contribution in [0.1, 0.15) is 67.4 Å². The zero-order chi connectivity index (χ0) is 19.4. The molecule has 0 bridgehead atoms. The lowest BCUT2D eigenvalue weighted by molar-refractivity contribution is 0.0911. The van der Waals surface area contributed by atoms with E-state index in [0.717, 1.165) is 31.5 Å². The summed E-state index contributed by atoms with van der Waals surface area (Å²) in [5.41, 5.74) is 2.33. The molecule has 2 aromatic rings. The van der Waals surface area contributed by atoms with E-state index in [2.05, 4.69) is 41.7 Å². The molecule has 1 unspecified atom stereocenters. The molecule has 1 aliphatic heterocycles. The summed E-state index contributed by atoms with van der Waals surface area (Å²) in [6.45, 7) is 8.48. The van der Waals surface area contributed by atoms with Gasteiger partial charge in [0, 0.05) is 6.54 Å². The molecule has 1 atom stereocenters. The first kappa shape index (κ1) is 19.5. The van der Waals surface area contributed by atoms with Gasteiger partial charge < -0.3 is 15.7 Å². The first-order chi connectivity index (χ1) is 12.8. The van der Waals surface area contributed by atoms with Crippen LogP contribution in [-0.4, -0.2) is 45.6 Å². The van der Waals surface area contributed by atoms with Gasteiger partial charge in [0.25, 0.3) is 5.91 Å². The molecule has 1 aromatic carbocycles. The highest BCUT2D eigenvalue weighted by Gasteiger charge is 2.20. The van der Waals surface area contributed by atoms with Crippen LogP contribution in [0.2, 0.25) is 0 Å². The van der Waals surface area contributed by atoms with E-state index in [9.17, 15) is 9.90 Å². The topological polar surface area (TPSA) is 92.1 Å². The van der Waals surface area contributed by atoms with Crippen LogP contribution in [0.5, 0.6) is 0 Å². The van der Waals surface area contributed by atoms with Crippen molar-refractivity contribution in [3.8, 4) is 0 Å². The van der Waals surface area contributed by atoms with Gasteiger partial charge in [-0.15, -0.1) is 5.10 Å². The van der Waals surface area contributed by atoms with Gasteiger partial charge in [0.2, 0.25) is 0 Å². The Labute approximate surface area is 160 Å². The van der Waals surface area contributed by atoms with Gasteiger partial charge in [-0.1, -0.05) is 50.3 Å². The molecule has 146 valence electrons. The Kier molecular flexibility index (Phi) is 5.92. The molecule has 3 rings (SSSR count). The molecule has 3 N–H and O–H groups in total. The van der Waals surface area contributed by atoms with Crippen LogP contribution in [0.25, 0.3) is 0 Å². The molecule has 27 heavy (non-hydrogen) atoms. The molecule has 7 heteroatoms. The highest BCUT2D eigenvalue weighted by molar-refractivity contribution is 5.91. The van der Waals surface area contributed by atoms with Gasteiger partial charge in [-0.25, -0.2) is 4.68 Å². The van der Waals surface area contributed by atoms with Crippen molar-refractivity contribution in [3.05, 3.63) is 47.3 Å². The van der Waals surface area contributed by atoms with Gasteiger partial charge in [0.15, 0.2) is 5.69 Å². The summed E-state index contributed by atoms with van der Waals surface area (Å²) >= 11 is 0. The molecular formula is C20H29N5O2. The minimum absolute atomic E-state index is 0.0674. The van der Waals surface area contributed by atoms with Gasteiger partial charge in [-0.05, 0) is 42.5 Å². The van der Waals surface area contributed by atoms with Gasteiger partial charge in [0.1, 0.15) is 0 Å². The minimum atomic E-state index is -0.762. The second-order valence-corrected chi connectivity index (χ2v) is 8.16. The number of hydrogen-bond donors (Lipinski definition) is 3. The van der Waals surface area contributed by atoms with Crippen molar-refractivity contribution < 1.29 is 9.90 Å². The highest BCUT2D eigenvalue weighted by Crippen LogP contribution is 2.24. The summed E-state index contributed by atoms with van der Waals surface area (Å²) < 4.78 is 1.78. The second-order valence-electron chi connectivity index (χ2n) is 8.16. The average molecular weight is 371 g/mol. The summed E-state index contributed by atoms with van der Waals surface area (Å²) in [6.07, 6.45) is 2.89. The van der Waals surface area contributed by atoms with E-state index < -0.39 is 6.10 Å². The first-order valence-electron chi connectivity index (χ1n) is 9.54. The molecular weight excluding hydrogens is 342 g/mol. The maximum atomic E-state index is 12.3. The van der Waals surface area contributed by atoms with Crippen molar-refractivity contribution in [3.63, 3.8) is 0 Å². The summed E-state index contributed by atoms with van der Waals surface area (Å²) in [4.78, 5) is 12.3. The Hall–Kier alpha value is -2.25. The number of piperidine rings is 1. The highest BCUT2D eigenvalue weighted by atomic mass is 16.3. The number of nitrogens with one attached hydrogen (secondary N) is 2. The Morgan fingerprint density at radius 3 is 2.59 bits per heavy atom. The SMILES string of the molecule is CC(C)(C)c1ccc(C(O)CNC(=O)c2cn(C3CCNCC3)nn2)cc1. The number of aromatic nitrogens is 3. The lowest BCUT2D eigenvalue weighted by Gasteiger charge is -2.22. The van der Waals surface area contributed by atoms with Crippen molar-refractivity contribution in [1.82, 2.24) is 25.6 Å². The number of aliphatic hydroxyl groups excluding tert-OH is 1. The van der Waals surface area contributed by atoms with Crippen LogP contribution in [0.4, 0.5) is 0 Å². The van der Waals surface area contributed by atoms with Gasteiger partial charge >= 0.3 is 0 Å². The first-order valence-corrected chi connectivity index (χ1v) is 9.54. The number of benzene rings is 1. The summed E-state index contributed by atoms with van der Waals surface area (Å²) in [7, 11) is 0. The molecule has 0 aliphatic carbocycles. The van der Waals surface area contributed by atoms with Crippen LogP contribution in [0.15, 0.2) is 30.5 Å². The standard InChI is InChI=1S/C20H29N5O2/c1-20(2,3)15-6-4-14(5-7-15)18(26)12-22-19(27)17-13-25(24-23-17)16-8-10-21-11-9-16/h4-7,13,16,18,21,26H,8-12H2,1-3H3,(H,22,27). The van der Waals surface area contributed by atoms with Crippen molar-refractivity contribution in [2.24, 2.45) is 0 Å². The van der Waals surface area contributed by atoms with Crippen molar-refractivity contribution in [2.45, 2.75) is 51.2 Å². The van der Waals surface area contributed by atoms with E-state index in [4.69, 9.17) is 0 Å². The largest absolute Gasteiger partial charge is 0.387 e. The predicted octanol–water partition coefficient (Wildman–Crippen LogP) is 1.96. The third kappa shape index (κ3) is 4.93. The maximum Gasteiger partial charge on any atom is 0.273 e. The molecule has 1 fully saturated rings. The summed E-state index contributed by atoms with van der Waals surface area (Å²) in [5.74, 6) is -0.319. The number of carbonyl (C=O) groups is 1. The van der Waals surface area contributed by atoms with Crippen LogP contribution in [0, 0.1) is 0 Å². The predicted molar refractivity (Wildman–Crippen MR) is 104 cm³/mol. The second kappa shape index (κ2) is 8.19. The van der Waals surface area contributed by atoms with Crippen LogP contribution >= 0.6 is 0 Å². The fourth-order valence-electron chi connectivity index (χ4n) is 3.23. The monoisotopic (exact) mass is 371 g/mol. The normalized spacial score (nSPS) is 16.9. The third-order valence-electron chi connectivity index (χ3n) is 5.04. The third-order valence-corrected chi connectivity index (χ3v) is 5.04. The van der Waals surface area contributed by atoms with E-state index >= 15 is 0 Å². The van der Waals surface area contributed by atoms with Crippen molar-refractivity contribution in [2.75, 3.05) is 19.6 Å². The number of aliphatic hydroxyl groups is 1. The Morgan fingerprint density at radius 1 is 1.30 bits per heavy atom. The number of amides is 1. The van der Waals surface area contributed by atoms with Crippen LogP contribution < -0.4 is 10.6 Å². The van der Waals surface area contributed by atoms with Crippen molar-refractivity contribution in [1.29, 1.82) is 0 Å². The number of carbonyl (C=O) groups excluding carboxylic acids is 1. The number of nitrogens with zero attached hydrogens (tertiary/aromatic N) is 3. The summed E-state index contributed by atoms with van der Waals surface area (Å²) in [5, 5.41) is 24.5. The molecule has 0 saturated carbocycles. The number of rotatable bonds is 5. The van der Waals surface area contributed by atoms with E-state index in [-0.39, 0.29) is 29.6 Å². The van der Waals surface area contributed by atoms with Gasteiger partial charge in [-0.3, -0.25) is 4.79 Å². The molecule has 2 heterocycles. The molecule has 1 amide bonds. The van der Waals surface area contributed by atoms with Crippen LogP contribution in [0.3, 0.4) is 0 Å². The Morgan fingerprint density at radius 2 is 1.96 bits per heavy atom. The summed E-state index contributed by atoms with van der Waals surface area (Å²) in [6, 6.07) is 8.14. The van der Waals surface area contributed by atoms with E-state index in [1.165, 1.54) is 5.56 Å². The van der Waals surface area contributed by atoms with E-state index in [1.54, 1.807) is 10.9 Å². The average Bonchev–Trinajstić information content (AvgIpc) is 3.16. The molecule has 1 aromatic heterocycles. The number of hydrogen-bond acceptors (Lipinski definition) is 5. The lowest BCUT2D eigenvalue weighted by Crippen LogP contribution is -2.30. The van der Waals surface area contributed by atoms with Gasteiger partial charge in [0.05, 0.1) is 18.3 Å².